The lowest BCUT2D eigenvalue weighted by Crippen LogP contribution is -2.57. The van der Waals surface area contributed by atoms with E-state index in [1.165, 1.54) is 31.7 Å². The van der Waals surface area contributed by atoms with Gasteiger partial charge in [-0.15, -0.1) is 0 Å². The molecule has 5 rings (SSSR count). The molecule has 2 aromatic carbocycles. The smallest absolute Gasteiger partial charge is 0.325 e. The van der Waals surface area contributed by atoms with E-state index >= 15 is 0 Å². The van der Waals surface area contributed by atoms with Crippen LogP contribution in [-0.4, -0.2) is 47.3 Å². The maximum atomic E-state index is 13.5. The Balaban J connectivity index is 1.45. The quantitative estimate of drug-likeness (QED) is 0.553. The number of urea groups is 1. The number of benzene rings is 2. The molecule has 190 valence electrons. The highest BCUT2D eigenvalue weighted by molar-refractivity contribution is 6.34. The molecule has 3 amide bonds. The summed E-state index contributed by atoms with van der Waals surface area (Å²) in [5.74, 6) is 0.619. The van der Waals surface area contributed by atoms with E-state index in [-0.39, 0.29) is 18.0 Å². The first kappa shape index (κ1) is 24.8. The Kier molecular flexibility index (Phi) is 7.30. The second kappa shape index (κ2) is 10.6. The van der Waals surface area contributed by atoms with Crippen molar-refractivity contribution in [2.24, 2.45) is 4.99 Å². The predicted octanol–water partition coefficient (Wildman–Crippen LogP) is 5.59. The number of carbonyl (C=O) groups is 2. The van der Waals surface area contributed by atoms with Crippen LogP contribution in [0.3, 0.4) is 0 Å². The zero-order valence-electron chi connectivity index (χ0n) is 20.8. The third-order valence-corrected chi connectivity index (χ3v) is 7.95. The number of amidine groups is 1. The van der Waals surface area contributed by atoms with Gasteiger partial charge in [0.15, 0.2) is 0 Å². The summed E-state index contributed by atoms with van der Waals surface area (Å²) in [6.07, 6.45) is 7.37. The molecular weight excluding hydrogens is 474 g/mol. The van der Waals surface area contributed by atoms with E-state index < -0.39 is 5.54 Å². The molecule has 3 aliphatic rings. The Morgan fingerprint density at radius 1 is 1.11 bits per heavy atom. The Hall–Kier alpha value is -2.90. The summed E-state index contributed by atoms with van der Waals surface area (Å²) in [5, 5.41) is 6.30. The molecule has 0 unspecified atom stereocenters. The van der Waals surface area contributed by atoms with Gasteiger partial charge in [0.25, 0.3) is 0 Å². The van der Waals surface area contributed by atoms with E-state index in [2.05, 4.69) is 39.8 Å². The zero-order chi connectivity index (χ0) is 25.1. The first-order valence-electron chi connectivity index (χ1n) is 13.0. The topological polar surface area (TPSA) is 77.0 Å². The average molecular weight is 508 g/mol. The molecule has 36 heavy (non-hydrogen) atoms. The zero-order valence-corrected chi connectivity index (χ0v) is 21.6. The molecular formula is C28H34ClN5O2. The highest BCUT2D eigenvalue weighted by Gasteiger charge is 2.53. The molecule has 1 saturated carbocycles. The molecule has 2 aromatic rings. The van der Waals surface area contributed by atoms with Gasteiger partial charge in [-0.05, 0) is 49.4 Å². The van der Waals surface area contributed by atoms with Crippen LogP contribution in [0.1, 0.15) is 57.4 Å². The highest BCUT2D eigenvalue weighted by atomic mass is 35.5. The van der Waals surface area contributed by atoms with Crippen molar-refractivity contribution < 1.29 is 9.59 Å². The van der Waals surface area contributed by atoms with Crippen LogP contribution in [0, 0.1) is 0 Å². The van der Waals surface area contributed by atoms with Crippen LogP contribution in [-0.2, 0) is 11.3 Å². The second-order valence-electron chi connectivity index (χ2n) is 10.2. The number of rotatable bonds is 5. The van der Waals surface area contributed by atoms with Gasteiger partial charge in [0.2, 0.25) is 5.91 Å². The number of anilines is 2. The van der Waals surface area contributed by atoms with Crippen LogP contribution in [0.4, 0.5) is 16.2 Å². The normalized spacial score (nSPS) is 21.7. The van der Waals surface area contributed by atoms with Crippen LogP contribution >= 0.6 is 11.6 Å². The van der Waals surface area contributed by atoms with Crippen LogP contribution in [0.25, 0.3) is 0 Å². The number of likely N-dealkylation sites (tertiary alicyclic amines) is 1. The fourth-order valence-corrected chi connectivity index (χ4v) is 6.02. The van der Waals surface area contributed by atoms with Gasteiger partial charge in [0.05, 0.1) is 16.8 Å². The standard InChI is InChI=1S/C28H34ClN5O2/c1-20(35)30-25-13-12-23(18-24(25)29)34-27(36)32-26(31-22-10-6-3-7-11-22)28(34)14-16-33(17-15-28)19-21-8-4-2-5-9-21/h2,4-5,8-9,12-13,18,22H,3,6-7,10-11,14-17,19H2,1H3,(H,30,35)(H,31,32,36). The number of carbonyl (C=O) groups excluding carboxylic acids is 2. The van der Waals surface area contributed by atoms with E-state index in [1.54, 1.807) is 12.1 Å². The van der Waals surface area contributed by atoms with Crippen LogP contribution < -0.4 is 15.5 Å². The molecule has 0 radical (unpaired) electrons. The summed E-state index contributed by atoms with van der Waals surface area (Å²) in [7, 11) is 0. The molecule has 0 atom stereocenters. The molecule has 0 aromatic heterocycles. The first-order valence-corrected chi connectivity index (χ1v) is 13.4. The maximum absolute atomic E-state index is 13.5. The molecule has 1 aliphatic carbocycles. The number of amides is 3. The summed E-state index contributed by atoms with van der Waals surface area (Å²) in [4.78, 5) is 34.5. The number of nitrogens with one attached hydrogen (secondary N) is 2. The van der Waals surface area contributed by atoms with Crippen LogP contribution in [0.15, 0.2) is 53.5 Å². The van der Waals surface area contributed by atoms with E-state index in [4.69, 9.17) is 16.6 Å². The number of nitrogens with zero attached hydrogens (tertiary/aromatic N) is 3. The van der Waals surface area contributed by atoms with Gasteiger partial charge in [0, 0.05) is 32.2 Å². The number of piperidine rings is 1. The van der Waals surface area contributed by atoms with Crippen molar-refractivity contribution >= 4 is 40.7 Å². The summed E-state index contributed by atoms with van der Waals surface area (Å²) < 4.78 is 0. The summed E-state index contributed by atoms with van der Waals surface area (Å²) in [5.41, 5.74) is 2.02. The van der Waals surface area contributed by atoms with Gasteiger partial charge < -0.3 is 5.32 Å². The van der Waals surface area contributed by atoms with E-state index in [0.717, 1.165) is 56.8 Å². The molecule has 1 spiro atoms. The predicted molar refractivity (Wildman–Crippen MR) is 145 cm³/mol. The van der Waals surface area contributed by atoms with Gasteiger partial charge in [-0.25, -0.2) is 4.79 Å². The largest absolute Gasteiger partial charge is 0.328 e. The average Bonchev–Trinajstić information content (AvgIpc) is 3.13. The number of aliphatic imine (C=N–C) groups is 1. The van der Waals surface area contributed by atoms with Gasteiger partial charge in [-0.2, -0.15) is 0 Å². The molecule has 3 fully saturated rings. The molecule has 2 aliphatic heterocycles. The minimum Gasteiger partial charge on any atom is -0.325 e. The minimum absolute atomic E-state index is 0.163. The first-order chi connectivity index (χ1) is 17.4. The van der Waals surface area contributed by atoms with Gasteiger partial charge in [0.1, 0.15) is 11.4 Å². The fraction of sp³-hybridized carbons (Fsp3) is 0.464. The highest BCUT2D eigenvalue weighted by Crippen LogP contribution is 2.40. The Morgan fingerprint density at radius 3 is 2.50 bits per heavy atom. The van der Waals surface area contributed by atoms with Crippen molar-refractivity contribution in [1.29, 1.82) is 0 Å². The molecule has 0 bridgehead atoms. The Bertz CT molecular complexity index is 1140. The van der Waals surface area contributed by atoms with Crippen LogP contribution in [0.5, 0.6) is 0 Å². The third-order valence-electron chi connectivity index (χ3n) is 7.64. The van der Waals surface area contributed by atoms with Gasteiger partial charge in [-0.3, -0.25) is 24.9 Å². The lowest BCUT2D eigenvalue weighted by Gasteiger charge is -2.44. The third kappa shape index (κ3) is 5.13. The number of halogens is 1. The molecule has 2 heterocycles. The SMILES string of the molecule is CC(=O)Nc1ccc(N2C(=O)NC(=NC3CCCCC3)C23CCN(Cc2ccccc2)CC3)cc1Cl. The van der Waals surface area contributed by atoms with Gasteiger partial charge in [-0.1, -0.05) is 61.2 Å². The Labute approximate surface area is 217 Å². The Morgan fingerprint density at radius 2 is 1.83 bits per heavy atom. The summed E-state index contributed by atoms with van der Waals surface area (Å²) in [6, 6.07) is 16.0. The van der Waals surface area contributed by atoms with E-state index in [0.29, 0.717) is 10.7 Å². The van der Waals surface area contributed by atoms with Crippen molar-refractivity contribution in [2.45, 2.75) is 70.0 Å². The van der Waals surface area contributed by atoms with E-state index in [9.17, 15) is 9.59 Å². The lowest BCUT2D eigenvalue weighted by atomic mass is 9.84. The molecule has 7 nitrogen and oxygen atoms in total. The number of hydrogen-bond donors (Lipinski definition) is 2. The van der Waals surface area contributed by atoms with Crippen LogP contribution in [0.2, 0.25) is 5.02 Å². The molecule has 2 saturated heterocycles. The van der Waals surface area contributed by atoms with Crippen molar-refractivity contribution in [3.05, 3.63) is 59.1 Å². The minimum atomic E-state index is -0.527. The fourth-order valence-electron chi connectivity index (χ4n) is 5.80. The van der Waals surface area contributed by atoms with Crippen molar-refractivity contribution in [1.82, 2.24) is 10.2 Å². The monoisotopic (exact) mass is 507 g/mol. The molecule has 8 heteroatoms. The summed E-state index contributed by atoms with van der Waals surface area (Å²) in [6.45, 7) is 4.07. The second-order valence-corrected chi connectivity index (χ2v) is 10.6. The molecule has 2 N–H and O–H groups in total. The number of hydrogen-bond acceptors (Lipinski definition) is 4. The summed E-state index contributed by atoms with van der Waals surface area (Å²) >= 11 is 6.52. The van der Waals surface area contributed by atoms with Crippen molar-refractivity contribution in [3.63, 3.8) is 0 Å². The maximum Gasteiger partial charge on any atom is 0.328 e. The van der Waals surface area contributed by atoms with Crippen molar-refractivity contribution in [3.8, 4) is 0 Å². The van der Waals surface area contributed by atoms with Crippen molar-refractivity contribution in [2.75, 3.05) is 23.3 Å². The van der Waals surface area contributed by atoms with E-state index in [1.807, 2.05) is 17.0 Å². The van der Waals surface area contributed by atoms with Gasteiger partial charge >= 0.3 is 6.03 Å². The lowest BCUT2D eigenvalue weighted by molar-refractivity contribution is -0.114.